The van der Waals surface area contributed by atoms with Gasteiger partial charge in [-0.25, -0.2) is 4.79 Å². The van der Waals surface area contributed by atoms with Crippen LogP contribution < -0.4 is 0 Å². The molecule has 0 N–H and O–H groups in total. The van der Waals surface area contributed by atoms with Gasteiger partial charge in [0.2, 0.25) is 0 Å². The van der Waals surface area contributed by atoms with E-state index in [0.717, 1.165) is 10.9 Å². The zero-order valence-corrected chi connectivity index (χ0v) is 17.7. The summed E-state index contributed by atoms with van der Waals surface area (Å²) < 4.78 is 11.5. The van der Waals surface area contributed by atoms with Crippen LogP contribution in [0.2, 0.25) is 0 Å². The third kappa shape index (κ3) is 6.06. The zero-order valence-electron chi connectivity index (χ0n) is 16.2. The fourth-order valence-corrected chi connectivity index (χ4v) is 3.38. The van der Waals surface area contributed by atoms with Crippen molar-refractivity contribution in [2.75, 3.05) is 13.7 Å². The number of esters is 1. The number of Topliss-reactive ketones (excluding diaryl/α,β-unsaturated/α-hetero) is 1. The first-order valence-corrected chi connectivity index (χ1v) is 9.79. The molecule has 0 aliphatic heterocycles. The van der Waals surface area contributed by atoms with Gasteiger partial charge in [-0.1, -0.05) is 34.5 Å². The predicted octanol–water partition coefficient (Wildman–Crippen LogP) is 4.21. The quantitative estimate of drug-likeness (QED) is 0.507. The first-order chi connectivity index (χ1) is 12.6. The number of carbonyl (C=O) groups is 3. The fraction of sp³-hybridized carbons (Fsp3) is 0.550. The second-order valence-corrected chi connectivity index (χ2v) is 8.65. The molecular weight excluding hydrogens is 414 g/mol. The van der Waals surface area contributed by atoms with Gasteiger partial charge in [0.15, 0.2) is 12.4 Å². The maximum Gasteiger partial charge on any atom is 0.410 e. The molecule has 7 heteroatoms. The predicted molar refractivity (Wildman–Crippen MR) is 105 cm³/mol. The molecule has 6 nitrogen and oxygen atoms in total. The van der Waals surface area contributed by atoms with Gasteiger partial charge in [0.05, 0.1) is 5.92 Å². The van der Waals surface area contributed by atoms with Gasteiger partial charge in [0, 0.05) is 23.1 Å². The lowest BCUT2D eigenvalue weighted by atomic mass is 10.0. The molecule has 1 aromatic rings. The van der Waals surface area contributed by atoms with Crippen LogP contribution in [0.5, 0.6) is 0 Å². The number of carbonyl (C=O) groups excluding carboxylic acids is 3. The van der Waals surface area contributed by atoms with Crippen molar-refractivity contribution in [1.29, 1.82) is 0 Å². The molecule has 0 saturated heterocycles. The van der Waals surface area contributed by atoms with Crippen molar-refractivity contribution in [3.05, 3.63) is 34.3 Å². The number of halogens is 1. The van der Waals surface area contributed by atoms with Crippen molar-refractivity contribution in [2.45, 2.75) is 51.7 Å². The topological polar surface area (TPSA) is 72.9 Å². The molecule has 1 aliphatic rings. The van der Waals surface area contributed by atoms with Crippen LogP contribution in [-0.2, 0) is 14.3 Å². The molecule has 1 fully saturated rings. The van der Waals surface area contributed by atoms with Gasteiger partial charge in [-0.2, -0.15) is 0 Å². The second-order valence-electron chi connectivity index (χ2n) is 7.73. The SMILES string of the molecule is CN(C(=O)OC(C)(C)C)[C@H]1CCC[C@@H]1C(=O)OCC(=O)c1ccc(Br)cc1. The maximum absolute atomic E-state index is 12.5. The van der Waals surface area contributed by atoms with Crippen LogP contribution >= 0.6 is 15.9 Å². The summed E-state index contributed by atoms with van der Waals surface area (Å²) in [4.78, 5) is 38.4. The molecule has 148 valence electrons. The average molecular weight is 440 g/mol. The van der Waals surface area contributed by atoms with Gasteiger partial charge in [-0.05, 0) is 45.7 Å². The van der Waals surface area contributed by atoms with Crippen molar-refractivity contribution >= 4 is 33.8 Å². The minimum absolute atomic E-state index is 0.258. The normalized spacial score (nSPS) is 19.4. The van der Waals surface area contributed by atoms with Crippen molar-refractivity contribution < 1.29 is 23.9 Å². The third-order valence-corrected chi connectivity index (χ3v) is 5.00. The van der Waals surface area contributed by atoms with Gasteiger partial charge >= 0.3 is 12.1 Å². The van der Waals surface area contributed by atoms with Gasteiger partial charge in [-0.15, -0.1) is 0 Å². The fourth-order valence-electron chi connectivity index (χ4n) is 3.11. The Morgan fingerprint density at radius 1 is 1.15 bits per heavy atom. The minimum Gasteiger partial charge on any atom is -0.457 e. The molecule has 0 spiro atoms. The van der Waals surface area contributed by atoms with Crippen molar-refractivity contribution in [3.63, 3.8) is 0 Å². The van der Waals surface area contributed by atoms with Crippen LogP contribution in [0, 0.1) is 5.92 Å². The monoisotopic (exact) mass is 439 g/mol. The lowest BCUT2D eigenvalue weighted by Crippen LogP contribution is -2.44. The van der Waals surface area contributed by atoms with Crippen LogP contribution in [0.3, 0.4) is 0 Å². The molecule has 27 heavy (non-hydrogen) atoms. The molecule has 0 radical (unpaired) electrons. The Labute approximate surface area is 168 Å². The van der Waals surface area contributed by atoms with E-state index >= 15 is 0 Å². The van der Waals surface area contributed by atoms with E-state index in [1.54, 1.807) is 52.1 Å². The van der Waals surface area contributed by atoms with Crippen molar-refractivity contribution in [1.82, 2.24) is 4.90 Å². The molecule has 1 aromatic carbocycles. The van der Waals surface area contributed by atoms with Crippen LogP contribution in [0.15, 0.2) is 28.7 Å². The number of benzene rings is 1. The number of amides is 1. The number of hydrogen-bond donors (Lipinski definition) is 0. The Kier molecular flexibility index (Phi) is 7.03. The summed E-state index contributed by atoms with van der Waals surface area (Å²) in [6.45, 7) is 5.09. The molecule has 1 amide bonds. The van der Waals surface area contributed by atoms with Gasteiger partial charge < -0.3 is 14.4 Å². The lowest BCUT2D eigenvalue weighted by Gasteiger charge is -2.31. The first-order valence-electron chi connectivity index (χ1n) is 8.99. The zero-order chi connectivity index (χ0) is 20.2. The summed E-state index contributed by atoms with van der Waals surface area (Å²) in [5, 5.41) is 0. The summed E-state index contributed by atoms with van der Waals surface area (Å²) in [7, 11) is 1.64. The molecule has 2 atom stereocenters. The first kappa shape index (κ1) is 21.4. The Bertz CT molecular complexity index is 695. The Morgan fingerprint density at radius 3 is 2.37 bits per heavy atom. The summed E-state index contributed by atoms with van der Waals surface area (Å²) in [6.07, 6.45) is 1.69. The minimum atomic E-state index is -0.600. The van der Waals surface area contributed by atoms with E-state index in [2.05, 4.69) is 15.9 Å². The summed E-state index contributed by atoms with van der Waals surface area (Å²) >= 11 is 3.31. The average Bonchev–Trinajstić information content (AvgIpc) is 3.07. The second kappa shape index (κ2) is 8.87. The van der Waals surface area contributed by atoms with Gasteiger partial charge in [-0.3, -0.25) is 9.59 Å². The van der Waals surface area contributed by atoms with E-state index in [0.29, 0.717) is 18.4 Å². The molecule has 1 saturated carbocycles. The van der Waals surface area contributed by atoms with Crippen molar-refractivity contribution in [3.8, 4) is 0 Å². The highest BCUT2D eigenvalue weighted by Crippen LogP contribution is 2.31. The Balaban J connectivity index is 1.93. The van der Waals surface area contributed by atoms with Crippen LogP contribution in [0.1, 0.15) is 50.4 Å². The highest BCUT2D eigenvalue weighted by molar-refractivity contribution is 9.10. The highest BCUT2D eigenvalue weighted by Gasteiger charge is 2.39. The Morgan fingerprint density at radius 2 is 1.78 bits per heavy atom. The number of hydrogen-bond acceptors (Lipinski definition) is 5. The molecule has 1 aliphatic carbocycles. The molecule has 0 heterocycles. The van der Waals surface area contributed by atoms with E-state index in [-0.39, 0.29) is 18.4 Å². The molecule has 0 bridgehead atoms. The van der Waals surface area contributed by atoms with E-state index in [4.69, 9.17) is 9.47 Å². The summed E-state index contributed by atoms with van der Waals surface area (Å²) in [5.74, 6) is -1.15. The Hall–Kier alpha value is -1.89. The van der Waals surface area contributed by atoms with Crippen LogP contribution in [0.4, 0.5) is 4.79 Å². The highest BCUT2D eigenvalue weighted by atomic mass is 79.9. The van der Waals surface area contributed by atoms with E-state index < -0.39 is 23.6 Å². The van der Waals surface area contributed by atoms with Gasteiger partial charge in [0.1, 0.15) is 5.60 Å². The molecular formula is C20H26BrNO5. The number of ketones is 1. The van der Waals surface area contributed by atoms with E-state index in [9.17, 15) is 14.4 Å². The van der Waals surface area contributed by atoms with E-state index in [1.165, 1.54) is 4.90 Å². The van der Waals surface area contributed by atoms with Crippen molar-refractivity contribution in [2.24, 2.45) is 5.92 Å². The number of nitrogens with zero attached hydrogens (tertiary/aromatic N) is 1. The smallest absolute Gasteiger partial charge is 0.410 e. The number of ether oxygens (including phenoxy) is 2. The lowest BCUT2D eigenvalue weighted by molar-refractivity contribution is -0.148. The third-order valence-electron chi connectivity index (χ3n) is 4.47. The van der Waals surface area contributed by atoms with E-state index in [1.807, 2.05) is 0 Å². The summed E-state index contributed by atoms with van der Waals surface area (Å²) in [5.41, 5.74) is -0.114. The molecule has 2 rings (SSSR count). The maximum atomic E-state index is 12.5. The standard InChI is InChI=1S/C20H26BrNO5/c1-20(2,3)27-19(25)22(4)16-7-5-6-15(16)18(24)26-12-17(23)13-8-10-14(21)11-9-13/h8-11,15-16H,5-7,12H2,1-4H3/t15-,16-/m0/s1. The number of rotatable bonds is 5. The largest absolute Gasteiger partial charge is 0.457 e. The molecule has 0 unspecified atom stereocenters. The summed E-state index contributed by atoms with van der Waals surface area (Å²) in [6, 6.07) is 6.59. The van der Waals surface area contributed by atoms with Crippen LogP contribution in [0.25, 0.3) is 0 Å². The molecule has 0 aromatic heterocycles. The van der Waals surface area contributed by atoms with Crippen LogP contribution in [-0.4, -0.2) is 48.0 Å². The van der Waals surface area contributed by atoms with Gasteiger partial charge in [0.25, 0.3) is 0 Å².